The van der Waals surface area contributed by atoms with Gasteiger partial charge in [-0.25, -0.2) is 4.98 Å². The number of anilines is 2. The number of pyridine rings is 1. The molecule has 0 aromatic carbocycles. The molecule has 1 aromatic heterocycles. The minimum atomic E-state index is 0.0784. The molecule has 0 unspecified atom stereocenters. The van der Waals surface area contributed by atoms with Crippen molar-refractivity contribution in [2.24, 2.45) is 0 Å². The maximum Gasteiger partial charge on any atom is 0.128 e. The molecule has 1 heterocycles. The highest BCUT2D eigenvalue weighted by molar-refractivity contribution is 5.48. The minimum Gasteiger partial charge on any atom is -0.395 e. The quantitative estimate of drug-likeness (QED) is 0.540. The Balaban J connectivity index is 2.66. The highest BCUT2D eigenvalue weighted by Crippen LogP contribution is 2.12. The molecule has 0 spiro atoms. The summed E-state index contributed by atoms with van der Waals surface area (Å²) in [6.45, 7) is 3.09. The lowest BCUT2D eigenvalue weighted by molar-refractivity contribution is 0.311. The van der Waals surface area contributed by atoms with Crippen LogP contribution in [0.15, 0.2) is 12.1 Å². The van der Waals surface area contributed by atoms with E-state index in [1.165, 1.54) is 0 Å². The van der Waals surface area contributed by atoms with Gasteiger partial charge in [0.15, 0.2) is 0 Å². The third kappa shape index (κ3) is 4.14. The van der Waals surface area contributed by atoms with E-state index in [1.807, 2.05) is 19.1 Å². The molecule has 4 N–H and O–H groups in total. The van der Waals surface area contributed by atoms with Crippen LogP contribution in [0, 0.1) is 6.92 Å². The number of hydrogen-bond donors (Lipinski definition) is 4. The molecule has 0 aliphatic heterocycles. The summed E-state index contributed by atoms with van der Waals surface area (Å²) in [6, 6.07) is 3.81. The van der Waals surface area contributed by atoms with Crippen LogP contribution in [0.4, 0.5) is 11.6 Å². The van der Waals surface area contributed by atoms with Crippen molar-refractivity contribution in [1.82, 2.24) is 4.98 Å². The molecule has 5 heteroatoms. The number of nitrogens with zero attached hydrogens (tertiary/aromatic N) is 1. The number of aliphatic hydroxyl groups excluding tert-OH is 2. The molecule has 0 amide bonds. The van der Waals surface area contributed by atoms with Crippen LogP contribution in [0.1, 0.15) is 5.56 Å². The van der Waals surface area contributed by atoms with Crippen LogP contribution in [-0.4, -0.2) is 41.5 Å². The molecule has 5 nitrogen and oxygen atoms in total. The zero-order chi connectivity index (χ0) is 11.1. The van der Waals surface area contributed by atoms with Crippen LogP contribution in [0.3, 0.4) is 0 Å². The van der Waals surface area contributed by atoms with Gasteiger partial charge < -0.3 is 20.8 Å². The van der Waals surface area contributed by atoms with E-state index in [4.69, 9.17) is 10.2 Å². The zero-order valence-electron chi connectivity index (χ0n) is 8.82. The Morgan fingerprint density at radius 2 is 1.53 bits per heavy atom. The number of nitrogens with one attached hydrogen (secondary N) is 2. The van der Waals surface area contributed by atoms with Crippen molar-refractivity contribution in [3.8, 4) is 0 Å². The SMILES string of the molecule is Cc1cc(NCCO)nc(NCCO)c1. The summed E-state index contributed by atoms with van der Waals surface area (Å²) >= 11 is 0. The molecule has 0 fully saturated rings. The van der Waals surface area contributed by atoms with Crippen molar-refractivity contribution < 1.29 is 10.2 Å². The number of aryl methyl sites for hydroxylation is 1. The Kier molecular flexibility index (Phi) is 4.86. The van der Waals surface area contributed by atoms with E-state index in [-0.39, 0.29) is 13.2 Å². The van der Waals surface area contributed by atoms with Crippen LogP contribution in [0.5, 0.6) is 0 Å². The summed E-state index contributed by atoms with van der Waals surface area (Å²) in [7, 11) is 0. The van der Waals surface area contributed by atoms with Gasteiger partial charge in [-0.05, 0) is 24.6 Å². The second-order valence-electron chi connectivity index (χ2n) is 3.22. The van der Waals surface area contributed by atoms with Gasteiger partial charge >= 0.3 is 0 Å². The Morgan fingerprint density at radius 3 is 1.93 bits per heavy atom. The van der Waals surface area contributed by atoms with Crippen molar-refractivity contribution >= 4 is 11.6 Å². The smallest absolute Gasteiger partial charge is 0.128 e. The Hall–Kier alpha value is -1.33. The largest absolute Gasteiger partial charge is 0.395 e. The summed E-state index contributed by atoms with van der Waals surface area (Å²) in [6.07, 6.45) is 0. The molecule has 0 radical (unpaired) electrons. The van der Waals surface area contributed by atoms with E-state index in [0.717, 1.165) is 17.2 Å². The predicted octanol–water partition coefficient (Wildman–Crippen LogP) is 0.198. The van der Waals surface area contributed by atoms with Gasteiger partial charge in [0.25, 0.3) is 0 Å². The first kappa shape index (κ1) is 11.7. The van der Waals surface area contributed by atoms with Crippen LogP contribution in [0.2, 0.25) is 0 Å². The number of aromatic nitrogens is 1. The summed E-state index contributed by atoms with van der Waals surface area (Å²) in [4.78, 5) is 4.26. The minimum absolute atomic E-state index is 0.0784. The molecule has 0 bridgehead atoms. The normalized spacial score (nSPS) is 10.1. The van der Waals surface area contributed by atoms with E-state index < -0.39 is 0 Å². The van der Waals surface area contributed by atoms with Gasteiger partial charge in [0.05, 0.1) is 13.2 Å². The lowest BCUT2D eigenvalue weighted by atomic mass is 10.3. The molecule has 0 aliphatic rings. The summed E-state index contributed by atoms with van der Waals surface area (Å²) in [5.41, 5.74) is 1.07. The van der Waals surface area contributed by atoms with Gasteiger partial charge in [0.1, 0.15) is 11.6 Å². The Bertz CT molecular complexity index is 278. The van der Waals surface area contributed by atoms with E-state index in [9.17, 15) is 0 Å². The van der Waals surface area contributed by atoms with Crippen molar-refractivity contribution in [1.29, 1.82) is 0 Å². The fourth-order valence-electron chi connectivity index (χ4n) is 1.22. The van der Waals surface area contributed by atoms with Crippen LogP contribution >= 0.6 is 0 Å². The first-order valence-electron chi connectivity index (χ1n) is 4.94. The third-order valence-electron chi connectivity index (χ3n) is 1.81. The third-order valence-corrected chi connectivity index (χ3v) is 1.81. The monoisotopic (exact) mass is 211 g/mol. The fraction of sp³-hybridized carbons (Fsp3) is 0.500. The topological polar surface area (TPSA) is 77.4 Å². The highest BCUT2D eigenvalue weighted by atomic mass is 16.3. The van der Waals surface area contributed by atoms with Crippen LogP contribution in [0.25, 0.3) is 0 Å². The summed E-state index contributed by atoms with van der Waals surface area (Å²) in [5.74, 6) is 1.45. The Labute approximate surface area is 89.2 Å². The average molecular weight is 211 g/mol. The van der Waals surface area contributed by atoms with Gasteiger partial charge in [-0.2, -0.15) is 0 Å². The van der Waals surface area contributed by atoms with E-state index in [2.05, 4.69) is 15.6 Å². The molecular formula is C10H17N3O2. The van der Waals surface area contributed by atoms with Gasteiger partial charge in [0.2, 0.25) is 0 Å². The molecule has 1 rings (SSSR count). The lowest BCUT2D eigenvalue weighted by Gasteiger charge is -2.09. The molecule has 84 valence electrons. The van der Waals surface area contributed by atoms with Gasteiger partial charge in [0, 0.05) is 13.1 Å². The first-order valence-corrected chi connectivity index (χ1v) is 4.94. The predicted molar refractivity (Wildman–Crippen MR) is 60.1 cm³/mol. The lowest BCUT2D eigenvalue weighted by Crippen LogP contribution is -2.10. The summed E-state index contributed by atoms with van der Waals surface area (Å²) in [5, 5.41) is 23.3. The molecule has 1 aromatic rings. The van der Waals surface area contributed by atoms with E-state index >= 15 is 0 Å². The van der Waals surface area contributed by atoms with E-state index in [1.54, 1.807) is 0 Å². The Morgan fingerprint density at radius 1 is 1.07 bits per heavy atom. The van der Waals surface area contributed by atoms with Gasteiger partial charge in [-0.3, -0.25) is 0 Å². The standard InChI is InChI=1S/C10H17N3O2/c1-8-6-9(11-2-4-14)13-10(7-8)12-3-5-15/h6-7,14-15H,2-5H2,1H3,(H2,11,12,13). The number of aliphatic hydroxyl groups is 2. The fourth-order valence-corrected chi connectivity index (χ4v) is 1.22. The number of rotatable bonds is 6. The molecule has 0 aliphatic carbocycles. The van der Waals surface area contributed by atoms with Crippen molar-refractivity contribution in [2.75, 3.05) is 36.9 Å². The van der Waals surface area contributed by atoms with Crippen molar-refractivity contribution in [3.63, 3.8) is 0 Å². The molecular weight excluding hydrogens is 194 g/mol. The highest BCUT2D eigenvalue weighted by Gasteiger charge is 1.99. The molecule has 0 atom stereocenters. The van der Waals surface area contributed by atoms with Crippen LogP contribution in [-0.2, 0) is 0 Å². The molecule has 0 saturated heterocycles. The molecule has 0 saturated carbocycles. The van der Waals surface area contributed by atoms with Crippen molar-refractivity contribution in [3.05, 3.63) is 17.7 Å². The average Bonchev–Trinajstić information content (AvgIpc) is 2.23. The second kappa shape index (κ2) is 6.21. The second-order valence-corrected chi connectivity index (χ2v) is 3.22. The first-order chi connectivity index (χ1) is 7.26. The molecule has 15 heavy (non-hydrogen) atoms. The van der Waals surface area contributed by atoms with Gasteiger partial charge in [-0.15, -0.1) is 0 Å². The maximum absolute atomic E-state index is 8.67. The summed E-state index contributed by atoms with van der Waals surface area (Å²) < 4.78 is 0. The van der Waals surface area contributed by atoms with Crippen molar-refractivity contribution in [2.45, 2.75) is 6.92 Å². The van der Waals surface area contributed by atoms with E-state index in [0.29, 0.717) is 13.1 Å². The maximum atomic E-state index is 8.67. The zero-order valence-corrected chi connectivity index (χ0v) is 8.82. The van der Waals surface area contributed by atoms with Gasteiger partial charge in [-0.1, -0.05) is 0 Å². The number of hydrogen-bond acceptors (Lipinski definition) is 5. The van der Waals surface area contributed by atoms with Crippen LogP contribution < -0.4 is 10.6 Å².